The van der Waals surface area contributed by atoms with Crippen LogP contribution in [0.3, 0.4) is 0 Å². The van der Waals surface area contributed by atoms with Crippen LogP contribution in [-0.2, 0) is 4.74 Å². The van der Waals surface area contributed by atoms with E-state index in [1.165, 1.54) is 18.9 Å². The number of aryl methyl sites for hydroxylation is 2. The molecule has 0 spiro atoms. The molecule has 2 heterocycles. The number of hydrogen-bond acceptors (Lipinski definition) is 6. The summed E-state index contributed by atoms with van der Waals surface area (Å²) in [4.78, 5) is 20.3. The zero-order valence-corrected chi connectivity index (χ0v) is 13.6. The van der Waals surface area contributed by atoms with Gasteiger partial charge in [0.25, 0.3) is 0 Å². The van der Waals surface area contributed by atoms with E-state index < -0.39 is 5.97 Å². The van der Waals surface area contributed by atoms with Gasteiger partial charge in [0, 0.05) is 11.4 Å². The molecular formula is C15H18N2O3S. The third-order valence-corrected chi connectivity index (χ3v) is 4.29. The van der Waals surface area contributed by atoms with Crippen molar-refractivity contribution in [3.05, 3.63) is 40.6 Å². The van der Waals surface area contributed by atoms with Gasteiger partial charge in [-0.25, -0.2) is 14.8 Å². The highest BCUT2D eigenvalue weighted by Gasteiger charge is 2.18. The Morgan fingerprint density at radius 3 is 2.43 bits per heavy atom. The van der Waals surface area contributed by atoms with Crippen molar-refractivity contribution in [1.82, 2.24) is 9.97 Å². The minimum absolute atomic E-state index is 0.00455. The van der Waals surface area contributed by atoms with Gasteiger partial charge >= 0.3 is 5.97 Å². The number of carbonyl (C=O) groups is 1. The van der Waals surface area contributed by atoms with Crippen LogP contribution < -0.4 is 0 Å². The van der Waals surface area contributed by atoms with Crippen LogP contribution in [0.25, 0.3) is 0 Å². The minimum Gasteiger partial charge on any atom is -0.463 e. The molecule has 0 bridgehead atoms. The smallest absolute Gasteiger partial charge is 0.373 e. The summed E-state index contributed by atoms with van der Waals surface area (Å²) >= 11 is 1.50. The molecule has 0 aliphatic carbocycles. The van der Waals surface area contributed by atoms with Gasteiger partial charge in [0.2, 0.25) is 5.76 Å². The Labute approximate surface area is 128 Å². The lowest BCUT2D eigenvalue weighted by atomic mass is 10.2. The average Bonchev–Trinajstić information content (AvgIpc) is 2.93. The molecule has 0 radical (unpaired) electrons. The fourth-order valence-electron chi connectivity index (χ4n) is 1.79. The largest absolute Gasteiger partial charge is 0.463 e. The fourth-order valence-corrected chi connectivity index (χ4v) is 2.73. The molecular weight excluding hydrogens is 288 g/mol. The Morgan fingerprint density at radius 2 is 1.86 bits per heavy atom. The molecule has 112 valence electrons. The lowest BCUT2D eigenvalue weighted by Gasteiger charge is -2.10. The van der Waals surface area contributed by atoms with Gasteiger partial charge in [-0.3, -0.25) is 0 Å². The number of furan rings is 1. The number of methoxy groups -OCH3 is 1. The van der Waals surface area contributed by atoms with E-state index in [1.54, 1.807) is 12.1 Å². The van der Waals surface area contributed by atoms with Crippen molar-refractivity contribution in [2.24, 2.45) is 0 Å². The van der Waals surface area contributed by atoms with Crippen LogP contribution in [0.1, 0.15) is 45.4 Å². The number of rotatable bonds is 4. The molecule has 1 atom stereocenters. The SMILES string of the molecule is COC(=O)c1ccc(C(C)Sc2nc(C)c(C)c(C)n2)o1. The van der Waals surface area contributed by atoms with Gasteiger partial charge in [-0.2, -0.15) is 0 Å². The molecule has 21 heavy (non-hydrogen) atoms. The highest BCUT2D eigenvalue weighted by atomic mass is 32.2. The second-order valence-electron chi connectivity index (χ2n) is 4.76. The lowest BCUT2D eigenvalue weighted by molar-refractivity contribution is 0.0563. The van der Waals surface area contributed by atoms with Crippen LogP contribution in [-0.4, -0.2) is 23.0 Å². The molecule has 6 heteroatoms. The van der Waals surface area contributed by atoms with E-state index in [0.29, 0.717) is 10.9 Å². The van der Waals surface area contributed by atoms with Crippen molar-refractivity contribution < 1.29 is 13.9 Å². The van der Waals surface area contributed by atoms with E-state index >= 15 is 0 Å². The molecule has 0 amide bonds. The van der Waals surface area contributed by atoms with Crippen LogP contribution in [0.15, 0.2) is 21.7 Å². The molecule has 2 aromatic heterocycles. The maximum atomic E-state index is 11.4. The maximum Gasteiger partial charge on any atom is 0.373 e. The van der Waals surface area contributed by atoms with Crippen LogP contribution in [0.2, 0.25) is 0 Å². The predicted octanol–water partition coefficient (Wildman–Crippen LogP) is 3.63. The average molecular weight is 306 g/mol. The third-order valence-electron chi connectivity index (χ3n) is 3.31. The van der Waals surface area contributed by atoms with Crippen LogP contribution in [0, 0.1) is 20.8 Å². The molecule has 2 rings (SSSR count). The number of nitrogens with zero attached hydrogens (tertiary/aromatic N) is 2. The number of carbonyl (C=O) groups excluding carboxylic acids is 1. The van der Waals surface area contributed by atoms with E-state index in [-0.39, 0.29) is 11.0 Å². The second-order valence-corrected chi connectivity index (χ2v) is 6.06. The van der Waals surface area contributed by atoms with Crippen molar-refractivity contribution in [3.63, 3.8) is 0 Å². The molecule has 0 aliphatic heterocycles. The summed E-state index contributed by atoms with van der Waals surface area (Å²) < 4.78 is 10.1. The summed E-state index contributed by atoms with van der Waals surface area (Å²) in [7, 11) is 1.33. The minimum atomic E-state index is -0.475. The molecule has 0 N–H and O–H groups in total. The normalized spacial score (nSPS) is 12.2. The van der Waals surface area contributed by atoms with Gasteiger partial charge < -0.3 is 9.15 Å². The molecule has 0 aromatic carbocycles. The van der Waals surface area contributed by atoms with Gasteiger partial charge in [-0.1, -0.05) is 11.8 Å². The number of esters is 1. The van der Waals surface area contributed by atoms with Gasteiger partial charge in [0.1, 0.15) is 5.76 Å². The van der Waals surface area contributed by atoms with Gasteiger partial charge in [0.05, 0.1) is 12.4 Å². The van der Waals surface area contributed by atoms with Gasteiger partial charge in [-0.15, -0.1) is 0 Å². The fraction of sp³-hybridized carbons (Fsp3) is 0.400. The zero-order valence-electron chi connectivity index (χ0n) is 12.8. The van der Waals surface area contributed by atoms with Crippen LogP contribution >= 0.6 is 11.8 Å². The quantitative estimate of drug-likeness (QED) is 0.488. The monoisotopic (exact) mass is 306 g/mol. The molecule has 5 nitrogen and oxygen atoms in total. The summed E-state index contributed by atoms with van der Waals surface area (Å²) in [6.07, 6.45) is 0. The number of aromatic nitrogens is 2. The predicted molar refractivity (Wildman–Crippen MR) is 80.6 cm³/mol. The summed E-state index contributed by atoms with van der Waals surface area (Å²) in [6, 6.07) is 3.39. The molecule has 0 saturated carbocycles. The standard InChI is InChI=1S/C15H18N2O3S/c1-8-9(2)16-15(17-10(8)3)21-11(4)12-6-7-13(20-12)14(18)19-5/h6-7,11H,1-5H3. The highest BCUT2D eigenvalue weighted by Crippen LogP contribution is 2.34. The summed E-state index contributed by atoms with van der Waals surface area (Å²) in [5, 5.41) is 0.712. The van der Waals surface area contributed by atoms with E-state index in [2.05, 4.69) is 14.7 Å². The van der Waals surface area contributed by atoms with Crippen molar-refractivity contribution in [3.8, 4) is 0 Å². The highest BCUT2D eigenvalue weighted by molar-refractivity contribution is 7.99. The zero-order chi connectivity index (χ0) is 15.6. The van der Waals surface area contributed by atoms with E-state index in [9.17, 15) is 4.79 Å². The first-order valence-electron chi connectivity index (χ1n) is 6.59. The topological polar surface area (TPSA) is 65.2 Å². The Hall–Kier alpha value is -1.82. The Kier molecular flexibility index (Phi) is 4.67. The number of thioether (sulfide) groups is 1. The van der Waals surface area contributed by atoms with E-state index in [1.807, 2.05) is 27.7 Å². The Morgan fingerprint density at radius 1 is 1.24 bits per heavy atom. The summed E-state index contributed by atoms with van der Waals surface area (Å²) in [5.41, 5.74) is 3.07. The third kappa shape index (κ3) is 3.44. The molecule has 1 unspecified atom stereocenters. The van der Waals surface area contributed by atoms with Crippen molar-refractivity contribution in [2.45, 2.75) is 38.1 Å². The van der Waals surface area contributed by atoms with Crippen molar-refractivity contribution >= 4 is 17.7 Å². The van der Waals surface area contributed by atoms with Crippen LogP contribution in [0.5, 0.6) is 0 Å². The Balaban J connectivity index is 2.16. The van der Waals surface area contributed by atoms with Crippen molar-refractivity contribution in [1.29, 1.82) is 0 Å². The second kappa shape index (κ2) is 6.30. The first kappa shape index (κ1) is 15.6. The Bertz CT molecular complexity index is 644. The molecule has 0 aliphatic rings. The van der Waals surface area contributed by atoms with E-state index in [4.69, 9.17) is 4.42 Å². The van der Waals surface area contributed by atoms with Gasteiger partial charge in [-0.05, 0) is 45.4 Å². The molecule has 0 saturated heterocycles. The molecule has 0 fully saturated rings. The summed E-state index contributed by atoms with van der Waals surface area (Å²) in [6.45, 7) is 7.94. The number of ether oxygens (including phenoxy) is 1. The molecule has 2 aromatic rings. The maximum absolute atomic E-state index is 11.4. The first-order valence-corrected chi connectivity index (χ1v) is 7.47. The van der Waals surface area contributed by atoms with Gasteiger partial charge in [0.15, 0.2) is 5.16 Å². The number of hydrogen-bond donors (Lipinski definition) is 0. The lowest BCUT2D eigenvalue weighted by Crippen LogP contribution is -2.00. The first-order chi connectivity index (χ1) is 9.92. The van der Waals surface area contributed by atoms with E-state index in [0.717, 1.165) is 17.0 Å². The van der Waals surface area contributed by atoms with Crippen molar-refractivity contribution in [2.75, 3.05) is 7.11 Å². The van der Waals surface area contributed by atoms with Crippen LogP contribution in [0.4, 0.5) is 0 Å². The summed E-state index contributed by atoms with van der Waals surface area (Å²) in [5.74, 6) is 0.425.